The maximum absolute atomic E-state index is 14.0. The van der Waals surface area contributed by atoms with Gasteiger partial charge in [-0.1, -0.05) is 11.2 Å². The number of amides is 1. The van der Waals surface area contributed by atoms with Crippen molar-refractivity contribution in [1.82, 2.24) is 4.90 Å². The third kappa shape index (κ3) is 4.05. The van der Waals surface area contributed by atoms with Gasteiger partial charge in [0.25, 0.3) is 5.91 Å². The normalized spacial score (nSPS) is 25.4. The van der Waals surface area contributed by atoms with Crippen LogP contribution in [0.5, 0.6) is 11.5 Å². The van der Waals surface area contributed by atoms with E-state index < -0.39 is 58.0 Å². The number of oxime groups is 1. The summed E-state index contributed by atoms with van der Waals surface area (Å²) in [6.07, 6.45) is 1.62. The van der Waals surface area contributed by atoms with Crippen LogP contribution < -0.4 is 10.5 Å². The maximum atomic E-state index is 14.0. The first-order valence-corrected chi connectivity index (χ1v) is 13.1. The van der Waals surface area contributed by atoms with Crippen molar-refractivity contribution in [2.45, 2.75) is 24.5 Å². The van der Waals surface area contributed by atoms with Crippen molar-refractivity contribution in [2.75, 3.05) is 28.3 Å². The average molecular weight is 578 g/mol. The number of fused-ring (bicyclic) bond motifs is 3. The second kappa shape index (κ2) is 10.3. The lowest BCUT2D eigenvalue weighted by Crippen LogP contribution is -2.63. The number of benzene rings is 2. The van der Waals surface area contributed by atoms with Gasteiger partial charge in [0.15, 0.2) is 11.4 Å². The Bertz CT molecular complexity index is 1620. The van der Waals surface area contributed by atoms with Gasteiger partial charge in [-0.25, -0.2) is 0 Å². The van der Waals surface area contributed by atoms with E-state index in [0.717, 1.165) is 0 Å². The molecule has 220 valence electrons. The minimum Gasteiger partial charge on any atom is -0.510 e. The smallest absolute Gasteiger partial charge is 0.255 e. The van der Waals surface area contributed by atoms with Crippen LogP contribution in [0.4, 0.5) is 0 Å². The van der Waals surface area contributed by atoms with E-state index in [1.165, 1.54) is 31.4 Å². The monoisotopic (exact) mass is 577 g/mol. The number of aliphatic hydroxyl groups excluding tert-OH is 2. The third-order valence-corrected chi connectivity index (χ3v) is 8.43. The number of nitrogens with two attached hydrogens (primary N) is 1. The highest BCUT2D eigenvalue weighted by Gasteiger charge is 2.63. The molecule has 0 fully saturated rings. The molecule has 4 unspecified atom stereocenters. The number of carbonyl (C=O) groups excluding carboxylic acids is 3. The Labute approximate surface area is 240 Å². The van der Waals surface area contributed by atoms with E-state index in [1.807, 2.05) is 0 Å². The lowest BCUT2D eigenvalue weighted by atomic mass is 9.58. The second-order valence-electron chi connectivity index (χ2n) is 10.8. The van der Waals surface area contributed by atoms with Crippen molar-refractivity contribution < 1.29 is 44.4 Å². The van der Waals surface area contributed by atoms with Crippen LogP contribution in [0.3, 0.4) is 0 Å². The Morgan fingerprint density at radius 1 is 1.12 bits per heavy atom. The van der Waals surface area contributed by atoms with Crippen molar-refractivity contribution in [3.63, 3.8) is 0 Å². The molecule has 0 saturated heterocycles. The first-order valence-electron chi connectivity index (χ1n) is 13.1. The number of aromatic hydroxyl groups is 1. The van der Waals surface area contributed by atoms with E-state index in [2.05, 4.69) is 5.16 Å². The molecule has 0 radical (unpaired) electrons. The predicted molar refractivity (Wildman–Crippen MR) is 150 cm³/mol. The number of hydrogen-bond acceptors (Lipinski definition) is 11. The highest BCUT2D eigenvalue weighted by Crippen LogP contribution is 2.53. The number of ether oxygens (including phenoxy) is 1. The Kier molecular flexibility index (Phi) is 7.07. The van der Waals surface area contributed by atoms with Crippen LogP contribution in [0.2, 0.25) is 0 Å². The molecular formula is C30H31N3O9. The van der Waals surface area contributed by atoms with Crippen LogP contribution in [0.15, 0.2) is 58.2 Å². The number of phenols is 1. The van der Waals surface area contributed by atoms with Crippen LogP contribution in [-0.4, -0.2) is 89.0 Å². The second-order valence-corrected chi connectivity index (χ2v) is 10.8. The first-order chi connectivity index (χ1) is 19.9. The van der Waals surface area contributed by atoms with Gasteiger partial charge in [0.2, 0.25) is 5.78 Å². The summed E-state index contributed by atoms with van der Waals surface area (Å²) in [4.78, 5) is 45.9. The topological polar surface area (TPSA) is 192 Å². The molecule has 0 spiro atoms. The van der Waals surface area contributed by atoms with Crippen molar-refractivity contribution in [2.24, 2.45) is 22.7 Å². The molecule has 0 bridgehead atoms. The fourth-order valence-corrected chi connectivity index (χ4v) is 6.63. The number of methoxy groups -OCH3 is 1. The zero-order valence-electron chi connectivity index (χ0n) is 23.4. The van der Waals surface area contributed by atoms with Crippen LogP contribution in [0, 0.1) is 11.8 Å². The summed E-state index contributed by atoms with van der Waals surface area (Å²) < 4.78 is 5.59. The van der Waals surface area contributed by atoms with Crippen molar-refractivity contribution >= 4 is 23.7 Å². The van der Waals surface area contributed by atoms with Crippen molar-refractivity contribution in [3.8, 4) is 22.6 Å². The van der Waals surface area contributed by atoms with Gasteiger partial charge in [-0.05, 0) is 73.8 Å². The van der Waals surface area contributed by atoms with E-state index in [1.54, 1.807) is 38.4 Å². The van der Waals surface area contributed by atoms with Crippen LogP contribution in [0.1, 0.15) is 27.9 Å². The number of carbonyl (C=O) groups is 3. The third-order valence-electron chi connectivity index (χ3n) is 8.43. The summed E-state index contributed by atoms with van der Waals surface area (Å²) in [7, 11) is 6.08. The van der Waals surface area contributed by atoms with E-state index in [9.17, 15) is 34.8 Å². The average Bonchev–Trinajstić information content (AvgIpc) is 2.93. The molecule has 3 aliphatic carbocycles. The standard InChI is InChI=1S/C30H31N3O9/c1-33(2)24-18-11-14-10-17-15(16-9-13(12-32-42-4)5-8-20(16)41-3)6-7-19(34)22(17)25(35)21(14)27(37)30(18,40)28(38)23(26(24)36)29(31)39/h5-9,12,14,18,24,34,36-37,40H,10-11H2,1-4H3,(H2,31,39)/b32-12+. The van der Waals surface area contributed by atoms with Gasteiger partial charge in [-0.3, -0.25) is 19.3 Å². The molecule has 0 heterocycles. The molecule has 0 aliphatic heterocycles. The van der Waals surface area contributed by atoms with Crippen LogP contribution >= 0.6 is 0 Å². The quantitative estimate of drug-likeness (QED) is 0.192. The predicted octanol–water partition coefficient (Wildman–Crippen LogP) is 1.78. The van der Waals surface area contributed by atoms with Gasteiger partial charge in [0, 0.05) is 17.1 Å². The van der Waals surface area contributed by atoms with Crippen LogP contribution in [-0.2, 0) is 20.8 Å². The van der Waals surface area contributed by atoms with Crippen LogP contribution in [0.25, 0.3) is 11.1 Å². The highest BCUT2D eigenvalue weighted by atomic mass is 16.6. The fraction of sp³-hybridized carbons (Fsp3) is 0.333. The van der Waals surface area contributed by atoms with E-state index in [-0.39, 0.29) is 29.7 Å². The summed E-state index contributed by atoms with van der Waals surface area (Å²) in [6.45, 7) is 0. The number of ketones is 2. The summed E-state index contributed by atoms with van der Waals surface area (Å²) in [5.41, 5.74) is 3.87. The largest absolute Gasteiger partial charge is 0.510 e. The van der Waals surface area contributed by atoms with Gasteiger partial charge in [-0.2, -0.15) is 0 Å². The number of rotatable bonds is 6. The SMILES string of the molecule is CO/N=C/c1ccc(OC)c(-c2ccc(O)c3c2CC2CC4C(N(C)C)C(O)=C(C(N)=O)C(=O)C4(O)C(O)=C2C3=O)c1. The maximum Gasteiger partial charge on any atom is 0.255 e. The summed E-state index contributed by atoms with van der Waals surface area (Å²) >= 11 is 0. The lowest BCUT2D eigenvalue weighted by molar-refractivity contribution is -0.148. The minimum atomic E-state index is -2.70. The molecule has 2 aromatic carbocycles. The Balaban J connectivity index is 1.72. The molecule has 0 saturated carbocycles. The lowest BCUT2D eigenvalue weighted by Gasteiger charge is -2.50. The van der Waals surface area contributed by atoms with Gasteiger partial charge in [0.05, 0.1) is 24.9 Å². The molecule has 6 N–H and O–H groups in total. The Hall–Kier alpha value is -4.68. The number of likely N-dealkylation sites (N-methyl/N-ethyl adjacent to an activating group) is 1. The van der Waals surface area contributed by atoms with Gasteiger partial charge < -0.3 is 35.7 Å². The fourth-order valence-electron chi connectivity index (χ4n) is 6.63. The van der Waals surface area contributed by atoms with Gasteiger partial charge in [-0.15, -0.1) is 0 Å². The number of Topliss-reactive ketones (excluding diaryl/α,β-unsaturated/α-hetero) is 2. The van der Waals surface area contributed by atoms with Crippen molar-refractivity contribution in [3.05, 3.63) is 69.7 Å². The number of nitrogens with zero attached hydrogens (tertiary/aromatic N) is 2. The number of hydrogen-bond donors (Lipinski definition) is 5. The first kappa shape index (κ1) is 28.8. The molecule has 12 heteroatoms. The summed E-state index contributed by atoms with van der Waals surface area (Å²) in [5.74, 6) is -6.54. The molecule has 2 aromatic rings. The summed E-state index contributed by atoms with van der Waals surface area (Å²) in [5, 5.41) is 48.8. The zero-order chi connectivity index (χ0) is 30.7. The Morgan fingerprint density at radius 3 is 2.45 bits per heavy atom. The number of allylic oxidation sites excluding steroid dienone is 1. The molecule has 0 aromatic heterocycles. The molecule has 5 rings (SSSR count). The van der Waals surface area contributed by atoms with Gasteiger partial charge in [0.1, 0.15) is 35.7 Å². The van der Waals surface area contributed by atoms with E-state index in [0.29, 0.717) is 28.0 Å². The molecule has 1 amide bonds. The molecule has 4 atom stereocenters. The number of phenolic OH excluding ortho intramolecular Hbond substituents is 1. The molecular weight excluding hydrogens is 546 g/mol. The number of primary amides is 1. The highest BCUT2D eigenvalue weighted by molar-refractivity contribution is 6.25. The molecule has 42 heavy (non-hydrogen) atoms. The zero-order valence-corrected chi connectivity index (χ0v) is 23.4. The Morgan fingerprint density at radius 2 is 1.83 bits per heavy atom. The van der Waals surface area contributed by atoms with E-state index >= 15 is 0 Å². The molecule has 12 nitrogen and oxygen atoms in total. The van der Waals surface area contributed by atoms with Crippen molar-refractivity contribution in [1.29, 1.82) is 0 Å². The summed E-state index contributed by atoms with van der Waals surface area (Å²) in [6, 6.07) is 7.22. The number of aliphatic hydroxyl groups is 3. The van der Waals surface area contributed by atoms with Gasteiger partial charge >= 0.3 is 0 Å². The minimum absolute atomic E-state index is 0.0153. The van der Waals surface area contributed by atoms with E-state index in [4.69, 9.17) is 15.3 Å². The molecule has 3 aliphatic rings.